The second-order valence-corrected chi connectivity index (χ2v) is 6.73. The zero-order chi connectivity index (χ0) is 21.3. The van der Waals surface area contributed by atoms with Crippen molar-refractivity contribution < 1.29 is 28.2 Å². The van der Waals surface area contributed by atoms with Crippen molar-refractivity contribution in [2.24, 2.45) is 0 Å². The number of hydrogen-bond acceptors (Lipinski definition) is 6. The fourth-order valence-corrected chi connectivity index (χ4v) is 3.19. The van der Waals surface area contributed by atoms with Crippen molar-refractivity contribution in [1.82, 2.24) is 4.90 Å². The molecule has 0 bridgehead atoms. The number of para-hydroxylation sites is 3. The van der Waals surface area contributed by atoms with Crippen LogP contribution in [0.4, 0.5) is 10.1 Å². The van der Waals surface area contributed by atoms with Gasteiger partial charge in [-0.2, -0.15) is 0 Å². The summed E-state index contributed by atoms with van der Waals surface area (Å²) in [6.45, 7) is 1.74. The highest BCUT2D eigenvalue weighted by Crippen LogP contribution is 2.25. The molecule has 7 nitrogen and oxygen atoms in total. The number of hydrogen-bond donors (Lipinski definition) is 0. The van der Waals surface area contributed by atoms with Gasteiger partial charge in [0.25, 0.3) is 5.91 Å². The predicted molar refractivity (Wildman–Crippen MR) is 109 cm³/mol. The summed E-state index contributed by atoms with van der Waals surface area (Å²) < 4.78 is 29.7. The van der Waals surface area contributed by atoms with E-state index < -0.39 is 5.97 Å². The summed E-state index contributed by atoms with van der Waals surface area (Å²) in [7, 11) is 1.54. The fraction of sp³-hybridized carbons (Fsp3) is 0.364. The quantitative estimate of drug-likeness (QED) is 0.616. The largest absolute Gasteiger partial charge is 0.493 e. The third kappa shape index (κ3) is 5.62. The third-order valence-electron chi connectivity index (χ3n) is 4.81. The number of nitrogens with zero attached hydrogens (tertiary/aromatic N) is 2. The van der Waals surface area contributed by atoms with Gasteiger partial charge in [-0.25, -0.2) is 4.39 Å². The van der Waals surface area contributed by atoms with E-state index in [1.807, 2.05) is 11.0 Å². The van der Waals surface area contributed by atoms with Crippen molar-refractivity contribution in [3.8, 4) is 11.5 Å². The molecule has 2 aromatic carbocycles. The van der Waals surface area contributed by atoms with Gasteiger partial charge in [0.1, 0.15) is 5.82 Å². The Hall–Kier alpha value is -3.29. The number of anilines is 1. The Morgan fingerprint density at radius 1 is 0.967 bits per heavy atom. The lowest BCUT2D eigenvalue weighted by Gasteiger charge is -2.36. The van der Waals surface area contributed by atoms with Crippen molar-refractivity contribution in [3.63, 3.8) is 0 Å². The number of rotatable bonds is 8. The molecule has 8 heteroatoms. The van der Waals surface area contributed by atoms with Crippen LogP contribution < -0.4 is 14.4 Å². The van der Waals surface area contributed by atoms with Gasteiger partial charge in [-0.05, 0) is 24.3 Å². The lowest BCUT2D eigenvalue weighted by atomic mass is 10.2. The van der Waals surface area contributed by atoms with Gasteiger partial charge in [0, 0.05) is 26.2 Å². The molecule has 1 heterocycles. The molecular formula is C22H25FN2O5. The number of halogens is 1. The molecule has 0 spiro atoms. The van der Waals surface area contributed by atoms with Gasteiger partial charge in [0.05, 0.1) is 25.8 Å². The van der Waals surface area contributed by atoms with E-state index in [9.17, 15) is 14.0 Å². The highest BCUT2D eigenvalue weighted by molar-refractivity contribution is 5.81. The highest BCUT2D eigenvalue weighted by Gasteiger charge is 2.23. The van der Waals surface area contributed by atoms with E-state index in [0.717, 1.165) is 0 Å². The van der Waals surface area contributed by atoms with Crippen LogP contribution in [0, 0.1) is 5.82 Å². The van der Waals surface area contributed by atoms with E-state index in [4.69, 9.17) is 14.2 Å². The number of carbonyl (C=O) groups is 2. The topological polar surface area (TPSA) is 68.3 Å². The van der Waals surface area contributed by atoms with Gasteiger partial charge >= 0.3 is 5.97 Å². The van der Waals surface area contributed by atoms with E-state index >= 15 is 0 Å². The second kappa shape index (κ2) is 10.5. The molecule has 0 aliphatic carbocycles. The maximum atomic E-state index is 13.9. The third-order valence-corrected chi connectivity index (χ3v) is 4.81. The molecule has 1 fully saturated rings. The Morgan fingerprint density at radius 2 is 1.63 bits per heavy atom. The van der Waals surface area contributed by atoms with Crippen LogP contribution in [0.5, 0.6) is 11.5 Å². The molecule has 30 heavy (non-hydrogen) atoms. The number of methoxy groups -OCH3 is 1. The maximum Gasteiger partial charge on any atom is 0.309 e. The standard InChI is InChI=1S/C22H25FN2O5/c1-28-19-8-4-5-9-20(19)29-15-10-22(27)30-16-21(26)25-13-11-24(12-14-25)18-7-3-2-6-17(18)23/h2-9H,10-16H2,1H3. The molecular weight excluding hydrogens is 391 g/mol. The lowest BCUT2D eigenvalue weighted by molar-refractivity contribution is -0.152. The Balaban J connectivity index is 1.36. The molecule has 160 valence electrons. The Morgan fingerprint density at radius 3 is 2.33 bits per heavy atom. The average Bonchev–Trinajstić information content (AvgIpc) is 2.78. The van der Waals surface area contributed by atoms with Crippen molar-refractivity contribution in [3.05, 3.63) is 54.3 Å². The second-order valence-electron chi connectivity index (χ2n) is 6.73. The molecule has 0 unspecified atom stereocenters. The molecule has 0 radical (unpaired) electrons. The van der Waals surface area contributed by atoms with Gasteiger partial charge in [-0.3, -0.25) is 9.59 Å². The number of benzene rings is 2. The average molecular weight is 416 g/mol. The zero-order valence-electron chi connectivity index (χ0n) is 16.9. The SMILES string of the molecule is COc1ccccc1OCCC(=O)OCC(=O)N1CCN(c2ccccc2F)CC1. The van der Waals surface area contributed by atoms with Crippen molar-refractivity contribution in [2.75, 3.05) is 51.4 Å². The number of piperazine rings is 1. The first-order valence-corrected chi connectivity index (χ1v) is 9.77. The van der Waals surface area contributed by atoms with Crippen molar-refractivity contribution in [1.29, 1.82) is 0 Å². The summed E-state index contributed by atoms with van der Waals surface area (Å²) in [5, 5.41) is 0. The molecule has 1 aliphatic heterocycles. The molecule has 0 N–H and O–H groups in total. The summed E-state index contributed by atoms with van der Waals surface area (Å²) in [5.41, 5.74) is 0.533. The van der Waals surface area contributed by atoms with Crippen LogP contribution >= 0.6 is 0 Å². The Kier molecular flexibility index (Phi) is 7.48. The van der Waals surface area contributed by atoms with Crippen LogP contribution in [0.2, 0.25) is 0 Å². The number of carbonyl (C=O) groups excluding carboxylic acids is 2. The normalized spacial score (nSPS) is 13.7. The molecule has 1 saturated heterocycles. The number of ether oxygens (including phenoxy) is 3. The van der Waals surface area contributed by atoms with Gasteiger partial charge in [0.2, 0.25) is 0 Å². The summed E-state index contributed by atoms with van der Waals surface area (Å²) in [6, 6.07) is 13.7. The minimum Gasteiger partial charge on any atom is -0.493 e. The van der Waals surface area contributed by atoms with E-state index in [1.165, 1.54) is 13.2 Å². The number of esters is 1. The van der Waals surface area contributed by atoms with Crippen LogP contribution in [-0.4, -0.2) is 63.3 Å². The number of amides is 1. The fourth-order valence-electron chi connectivity index (χ4n) is 3.19. The van der Waals surface area contributed by atoms with Crippen LogP contribution in [0.25, 0.3) is 0 Å². The van der Waals surface area contributed by atoms with E-state index in [-0.39, 0.29) is 31.4 Å². The van der Waals surface area contributed by atoms with Gasteiger partial charge in [-0.1, -0.05) is 24.3 Å². The smallest absolute Gasteiger partial charge is 0.309 e. The summed E-state index contributed by atoms with van der Waals surface area (Å²) in [5.74, 6) is 0.0686. The molecule has 0 aromatic heterocycles. The molecule has 3 rings (SSSR count). The van der Waals surface area contributed by atoms with Gasteiger partial charge in [-0.15, -0.1) is 0 Å². The highest BCUT2D eigenvalue weighted by atomic mass is 19.1. The Labute approximate surface area is 174 Å². The minimum atomic E-state index is -0.511. The summed E-state index contributed by atoms with van der Waals surface area (Å²) in [4.78, 5) is 27.7. The monoisotopic (exact) mass is 416 g/mol. The molecule has 0 atom stereocenters. The van der Waals surface area contributed by atoms with Crippen LogP contribution in [-0.2, 0) is 14.3 Å². The van der Waals surface area contributed by atoms with Crippen molar-refractivity contribution >= 4 is 17.6 Å². The van der Waals surface area contributed by atoms with E-state index in [1.54, 1.807) is 41.3 Å². The summed E-state index contributed by atoms with van der Waals surface area (Å²) in [6.07, 6.45) is 0.0202. The summed E-state index contributed by atoms with van der Waals surface area (Å²) >= 11 is 0. The van der Waals surface area contributed by atoms with Crippen molar-refractivity contribution in [2.45, 2.75) is 6.42 Å². The molecule has 2 aromatic rings. The van der Waals surface area contributed by atoms with Crippen LogP contribution in [0.1, 0.15) is 6.42 Å². The first kappa shape index (κ1) is 21.4. The van der Waals surface area contributed by atoms with E-state index in [2.05, 4.69) is 0 Å². The van der Waals surface area contributed by atoms with Crippen LogP contribution in [0.15, 0.2) is 48.5 Å². The molecule has 0 saturated carbocycles. The van der Waals surface area contributed by atoms with Crippen LogP contribution in [0.3, 0.4) is 0 Å². The van der Waals surface area contributed by atoms with E-state index in [0.29, 0.717) is 43.4 Å². The van der Waals surface area contributed by atoms with Gasteiger partial charge in [0.15, 0.2) is 18.1 Å². The Bertz CT molecular complexity index is 868. The first-order chi connectivity index (χ1) is 14.6. The molecule has 1 amide bonds. The first-order valence-electron chi connectivity index (χ1n) is 9.77. The molecule has 1 aliphatic rings. The zero-order valence-corrected chi connectivity index (χ0v) is 16.9. The predicted octanol–water partition coefficient (Wildman–Crippen LogP) is 2.50. The lowest BCUT2D eigenvalue weighted by Crippen LogP contribution is -2.50. The maximum absolute atomic E-state index is 13.9. The van der Waals surface area contributed by atoms with Gasteiger partial charge < -0.3 is 24.0 Å². The minimum absolute atomic E-state index is 0.0202.